The van der Waals surface area contributed by atoms with Gasteiger partial charge >= 0.3 is 0 Å². The molecule has 0 aliphatic rings. The standard InChI is InChI=1S/C31H38N2O3/c1-22-12-15-26(16-13-22)20-33(29(34)21-36-28-17-14-23(2)18-24(28)3)27(30(35)32-31(4,5)6)19-25-10-8-7-9-11-25/h7-18,27H,19-21H2,1-6H3,(H,32,35). The van der Waals surface area contributed by atoms with E-state index in [2.05, 4.69) is 5.32 Å². The smallest absolute Gasteiger partial charge is 0.261 e. The molecule has 1 unspecified atom stereocenters. The Labute approximate surface area is 215 Å². The van der Waals surface area contributed by atoms with E-state index >= 15 is 0 Å². The van der Waals surface area contributed by atoms with Crippen molar-refractivity contribution in [2.75, 3.05) is 6.61 Å². The van der Waals surface area contributed by atoms with E-state index in [1.54, 1.807) is 4.90 Å². The molecule has 0 radical (unpaired) electrons. The minimum atomic E-state index is -0.692. The number of carbonyl (C=O) groups excluding carboxylic acids is 2. The van der Waals surface area contributed by atoms with Gasteiger partial charge in [-0.3, -0.25) is 9.59 Å². The molecule has 0 aliphatic carbocycles. The third kappa shape index (κ3) is 7.98. The third-order valence-corrected chi connectivity index (χ3v) is 5.92. The zero-order valence-electron chi connectivity index (χ0n) is 22.3. The van der Waals surface area contributed by atoms with Gasteiger partial charge in [-0.25, -0.2) is 0 Å². The molecular weight excluding hydrogens is 448 g/mol. The molecule has 2 amide bonds. The van der Waals surface area contributed by atoms with Crippen molar-refractivity contribution in [1.29, 1.82) is 0 Å². The van der Waals surface area contributed by atoms with Crippen molar-refractivity contribution in [3.63, 3.8) is 0 Å². The van der Waals surface area contributed by atoms with E-state index in [1.165, 1.54) is 0 Å². The van der Waals surface area contributed by atoms with Crippen molar-refractivity contribution in [1.82, 2.24) is 10.2 Å². The first-order valence-electron chi connectivity index (χ1n) is 12.4. The molecule has 5 heteroatoms. The highest BCUT2D eigenvalue weighted by Gasteiger charge is 2.32. The molecule has 190 valence electrons. The maximum Gasteiger partial charge on any atom is 0.261 e. The third-order valence-electron chi connectivity index (χ3n) is 5.92. The number of amides is 2. The summed E-state index contributed by atoms with van der Waals surface area (Å²) in [5.74, 6) is 0.252. The zero-order valence-corrected chi connectivity index (χ0v) is 22.3. The number of ether oxygens (including phenoxy) is 1. The minimum absolute atomic E-state index is 0.149. The second-order valence-corrected chi connectivity index (χ2v) is 10.5. The maximum absolute atomic E-state index is 13.7. The number of nitrogens with zero attached hydrogens (tertiary/aromatic N) is 1. The Balaban J connectivity index is 1.93. The number of nitrogens with one attached hydrogen (secondary N) is 1. The fraction of sp³-hybridized carbons (Fsp3) is 0.355. The van der Waals surface area contributed by atoms with Crippen LogP contribution in [0.15, 0.2) is 72.8 Å². The lowest BCUT2D eigenvalue weighted by Gasteiger charge is -2.33. The number of benzene rings is 3. The number of rotatable bonds is 9. The van der Waals surface area contributed by atoms with Gasteiger partial charge in [0.25, 0.3) is 5.91 Å². The van der Waals surface area contributed by atoms with Gasteiger partial charge in [-0.05, 0) is 64.3 Å². The lowest BCUT2D eigenvalue weighted by molar-refractivity contribution is -0.143. The Hall–Kier alpha value is -3.60. The van der Waals surface area contributed by atoms with Crippen molar-refractivity contribution in [3.05, 3.63) is 101 Å². The van der Waals surface area contributed by atoms with Gasteiger partial charge in [0.1, 0.15) is 11.8 Å². The minimum Gasteiger partial charge on any atom is -0.483 e. The number of aryl methyl sites for hydroxylation is 3. The van der Waals surface area contributed by atoms with E-state index in [4.69, 9.17) is 4.74 Å². The average Bonchev–Trinajstić information content (AvgIpc) is 2.81. The molecule has 0 bridgehead atoms. The molecule has 3 rings (SSSR count). The van der Waals surface area contributed by atoms with E-state index in [-0.39, 0.29) is 18.4 Å². The Morgan fingerprint density at radius 3 is 2.11 bits per heavy atom. The summed E-state index contributed by atoms with van der Waals surface area (Å²) in [5.41, 5.74) is 4.76. The highest BCUT2D eigenvalue weighted by atomic mass is 16.5. The van der Waals surface area contributed by atoms with Crippen LogP contribution in [0.5, 0.6) is 5.75 Å². The normalized spacial score (nSPS) is 12.1. The van der Waals surface area contributed by atoms with Crippen LogP contribution in [0.2, 0.25) is 0 Å². The summed E-state index contributed by atoms with van der Waals surface area (Å²) in [6.07, 6.45) is 0.407. The van der Waals surface area contributed by atoms with Crippen LogP contribution in [0.4, 0.5) is 0 Å². The molecule has 36 heavy (non-hydrogen) atoms. The molecule has 0 aromatic heterocycles. The molecule has 0 heterocycles. The lowest BCUT2D eigenvalue weighted by Crippen LogP contribution is -2.55. The summed E-state index contributed by atoms with van der Waals surface area (Å²) in [6, 6.07) is 23.0. The van der Waals surface area contributed by atoms with Crippen molar-refractivity contribution in [2.24, 2.45) is 0 Å². The van der Waals surface area contributed by atoms with Crippen LogP contribution in [0.1, 0.15) is 48.6 Å². The quantitative estimate of drug-likeness (QED) is 0.432. The predicted molar refractivity (Wildman–Crippen MR) is 145 cm³/mol. The monoisotopic (exact) mass is 486 g/mol. The van der Waals surface area contributed by atoms with Crippen LogP contribution < -0.4 is 10.1 Å². The van der Waals surface area contributed by atoms with Crippen LogP contribution >= 0.6 is 0 Å². The van der Waals surface area contributed by atoms with E-state index < -0.39 is 11.6 Å². The molecular formula is C31H38N2O3. The summed E-state index contributed by atoms with van der Waals surface area (Å²) >= 11 is 0. The summed E-state index contributed by atoms with van der Waals surface area (Å²) in [7, 11) is 0. The van der Waals surface area contributed by atoms with E-state index in [1.807, 2.05) is 114 Å². The van der Waals surface area contributed by atoms with Gasteiger partial charge in [0.15, 0.2) is 6.61 Å². The van der Waals surface area contributed by atoms with Gasteiger partial charge in [-0.2, -0.15) is 0 Å². The average molecular weight is 487 g/mol. The Morgan fingerprint density at radius 2 is 1.50 bits per heavy atom. The van der Waals surface area contributed by atoms with Crippen LogP contribution in [0, 0.1) is 20.8 Å². The van der Waals surface area contributed by atoms with Gasteiger partial charge in [-0.1, -0.05) is 77.9 Å². The molecule has 3 aromatic carbocycles. The summed E-state index contributed by atoms with van der Waals surface area (Å²) < 4.78 is 5.95. The SMILES string of the molecule is Cc1ccc(CN(C(=O)COc2ccc(C)cc2C)C(Cc2ccccc2)C(=O)NC(C)(C)C)cc1. The van der Waals surface area contributed by atoms with Crippen molar-refractivity contribution >= 4 is 11.8 Å². The Kier molecular flexibility index (Phi) is 8.92. The summed E-state index contributed by atoms with van der Waals surface area (Å²) in [6.45, 7) is 12.0. The molecule has 0 aliphatic heterocycles. The van der Waals surface area contributed by atoms with Gasteiger partial charge in [0.2, 0.25) is 5.91 Å². The van der Waals surface area contributed by atoms with E-state index in [0.717, 1.165) is 27.8 Å². The van der Waals surface area contributed by atoms with Crippen molar-refractivity contribution < 1.29 is 14.3 Å². The summed E-state index contributed by atoms with van der Waals surface area (Å²) in [5, 5.41) is 3.09. The highest BCUT2D eigenvalue weighted by molar-refractivity contribution is 5.89. The van der Waals surface area contributed by atoms with Crippen LogP contribution in [0.25, 0.3) is 0 Å². The predicted octanol–water partition coefficient (Wildman–Crippen LogP) is 5.55. The second kappa shape index (κ2) is 11.9. The lowest BCUT2D eigenvalue weighted by atomic mass is 10.0. The van der Waals surface area contributed by atoms with Crippen LogP contribution in [-0.2, 0) is 22.6 Å². The summed E-state index contributed by atoms with van der Waals surface area (Å²) in [4.78, 5) is 28.9. The van der Waals surface area contributed by atoms with Gasteiger partial charge in [-0.15, -0.1) is 0 Å². The second-order valence-electron chi connectivity index (χ2n) is 10.5. The van der Waals surface area contributed by atoms with Crippen LogP contribution in [0.3, 0.4) is 0 Å². The molecule has 1 atom stereocenters. The van der Waals surface area contributed by atoms with Gasteiger partial charge in [0.05, 0.1) is 0 Å². The van der Waals surface area contributed by atoms with E-state index in [9.17, 15) is 9.59 Å². The first-order valence-corrected chi connectivity index (χ1v) is 12.4. The zero-order chi connectivity index (χ0) is 26.3. The van der Waals surface area contributed by atoms with Crippen LogP contribution in [-0.4, -0.2) is 34.9 Å². The molecule has 1 N–H and O–H groups in total. The first kappa shape index (κ1) is 27.0. The van der Waals surface area contributed by atoms with E-state index in [0.29, 0.717) is 18.7 Å². The fourth-order valence-electron chi connectivity index (χ4n) is 4.08. The number of hydrogen-bond acceptors (Lipinski definition) is 3. The molecule has 0 spiro atoms. The maximum atomic E-state index is 13.7. The number of carbonyl (C=O) groups is 2. The fourth-order valence-corrected chi connectivity index (χ4v) is 4.08. The molecule has 5 nitrogen and oxygen atoms in total. The molecule has 0 saturated carbocycles. The molecule has 3 aromatic rings. The number of hydrogen-bond donors (Lipinski definition) is 1. The highest BCUT2D eigenvalue weighted by Crippen LogP contribution is 2.20. The Bertz CT molecular complexity index is 1160. The molecule has 0 saturated heterocycles. The van der Waals surface area contributed by atoms with Crippen molar-refractivity contribution in [2.45, 2.75) is 66.1 Å². The Morgan fingerprint density at radius 1 is 0.861 bits per heavy atom. The van der Waals surface area contributed by atoms with Crippen molar-refractivity contribution in [3.8, 4) is 5.75 Å². The topological polar surface area (TPSA) is 58.6 Å². The molecule has 0 fully saturated rings. The van der Waals surface area contributed by atoms with Gasteiger partial charge in [0, 0.05) is 18.5 Å². The first-order chi connectivity index (χ1) is 17.0. The largest absolute Gasteiger partial charge is 0.483 e. The van der Waals surface area contributed by atoms with Gasteiger partial charge < -0.3 is 15.0 Å².